The number of carbonyl (C=O) groups excluding carboxylic acids is 1. The van der Waals surface area contributed by atoms with Gasteiger partial charge < -0.3 is 15.9 Å². The zero-order valence-electron chi connectivity index (χ0n) is 11.1. The Morgan fingerprint density at radius 2 is 1.72 bits per heavy atom. The summed E-state index contributed by atoms with van der Waals surface area (Å²) in [7, 11) is 0. The number of amides is 1. The minimum absolute atomic E-state index is 0.0370. The molecule has 4 heteroatoms. The average molecular weight is 251 g/mol. The fourth-order valence-corrected chi connectivity index (χ4v) is 1.72. The van der Waals surface area contributed by atoms with E-state index in [4.69, 9.17) is 5.73 Å². The first-order valence-corrected chi connectivity index (χ1v) is 5.96. The van der Waals surface area contributed by atoms with Crippen molar-refractivity contribution in [2.75, 3.05) is 0 Å². The van der Waals surface area contributed by atoms with Crippen LogP contribution in [0.15, 0.2) is 24.3 Å². The Labute approximate surface area is 107 Å². The van der Waals surface area contributed by atoms with Gasteiger partial charge in [-0.2, -0.15) is 0 Å². The van der Waals surface area contributed by atoms with E-state index in [9.17, 15) is 15.0 Å². The molecule has 0 radical (unpaired) electrons. The standard InChI is InChI=1S/C14H21NO3/c1-14(2,3)10-6-4-9(5-7-10)13(18)11(16)8-12(15)17/h4-7,11,13,16,18H,8H2,1-3H3,(H2,15,17). The fourth-order valence-electron chi connectivity index (χ4n) is 1.72. The molecule has 1 aromatic carbocycles. The molecule has 2 atom stereocenters. The van der Waals surface area contributed by atoms with E-state index in [1.165, 1.54) is 0 Å². The van der Waals surface area contributed by atoms with Gasteiger partial charge in [0.05, 0.1) is 12.5 Å². The van der Waals surface area contributed by atoms with Gasteiger partial charge >= 0.3 is 0 Å². The van der Waals surface area contributed by atoms with Crippen molar-refractivity contribution in [2.24, 2.45) is 5.73 Å². The molecule has 0 aromatic heterocycles. The zero-order valence-corrected chi connectivity index (χ0v) is 11.1. The highest BCUT2D eigenvalue weighted by atomic mass is 16.3. The monoisotopic (exact) mass is 251 g/mol. The molecule has 1 aromatic rings. The molecule has 0 aliphatic carbocycles. The first kappa shape index (κ1) is 14.7. The SMILES string of the molecule is CC(C)(C)c1ccc(C(O)C(O)CC(N)=O)cc1. The molecule has 0 fully saturated rings. The second-order valence-electron chi connectivity index (χ2n) is 5.55. The predicted octanol–water partition coefficient (Wildman–Crippen LogP) is 1.25. The summed E-state index contributed by atoms with van der Waals surface area (Å²) in [5, 5.41) is 19.5. The number of hydrogen-bond acceptors (Lipinski definition) is 3. The van der Waals surface area contributed by atoms with Crippen LogP contribution in [0.1, 0.15) is 44.4 Å². The van der Waals surface area contributed by atoms with E-state index in [2.05, 4.69) is 20.8 Å². The maximum atomic E-state index is 10.7. The normalized spacial score (nSPS) is 15.2. The Hall–Kier alpha value is -1.39. The number of benzene rings is 1. The third kappa shape index (κ3) is 3.82. The van der Waals surface area contributed by atoms with E-state index in [0.717, 1.165) is 5.56 Å². The second kappa shape index (κ2) is 5.50. The van der Waals surface area contributed by atoms with Crippen LogP contribution in [0.5, 0.6) is 0 Å². The number of nitrogens with two attached hydrogens (primary N) is 1. The van der Waals surface area contributed by atoms with Crippen LogP contribution in [0.4, 0.5) is 0 Å². The molecular formula is C14H21NO3. The molecule has 1 rings (SSSR count). The van der Waals surface area contributed by atoms with E-state index in [1.54, 1.807) is 12.1 Å². The topological polar surface area (TPSA) is 83.6 Å². The van der Waals surface area contributed by atoms with Crippen molar-refractivity contribution >= 4 is 5.91 Å². The summed E-state index contributed by atoms with van der Waals surface area (Å²) in [6.07, 6.45) is -2.50. The largest absolute Gasteiger partial charge is 0.390 e. The smallest absolute Gasteiger partial charge is 0.220 e. The number of primary amides is 1. The zero-order chi connectivity index (χ0) is 13.9. The number of aliphatic hydroxyl groups is 2. The quantitative estimate of drug-likeness (QED) is 0.753. The van der Waals surface area contributed by atoms with Gasteiger partial charge in [-0.1, -0.05) is 45.0 Å². The van der Waals surface area contributed by atoms with Gasteiger partial charge in [0.25, 0.3) is 0 Å². The lowest BCUT2D eigenvalue weighted by Crippen LogP contribution is -2.25. The van der Waals surface area contributed by atoms with Crippen molar-refractivity contribution in [2.45, 2.75) is 44.8 Å². The van der Waals surface area contributed by atoms with Crippen LogP contribution in [-0.2, 0) is 10.2 Å². The number of rotatable bonds is 4. The summed E-state index contributed by atoms with van der Waals surface area (Å²) in [5.74, 6) is -0.632. The van der Waals surface area contributed by atoms with Crippen molar-refractivity contribution in [1.29, 1.82) is 0 Å². The summed E-state index contributed by atoms with van der Waals surface area (Å²) in [6, 6.07) is 7.34. The van der Waals surface area contributed by atoms with Gasteiger partial charge in [-0.15, -0.1) is 0 Å². The lowest BCUT2D eigenvalue weighted by Gasteiger charge is -2.21. The van der Waals surface area contributed by atoms with Gasteiger partial charge in [0, 0.05) is 0 Å². The lowest BCUT2D eigenvalue weighted by atomic mass is 9.86. The molecule has 0 saturated heterocycles. The Morgan fingerprint density at radius 3 is 2.11 bits per heavy atom. The second-order valence-corrected chi connectivity index (χ2v) is 5.55. The molecule has 0 bridgehead atoms. The Bertz CT molecular complexity index is 406. The van der Waals surface area contributed by atoms with E-state index < -0.39 is 18.1 Å². The molecule has 0 saturated carbocycles. The molecule has 0 aliphatic rings. The third-order valence-corrected chi connectivity index (χ3v) is 2.89. The average Bonchev–Trinajstić information content (AvgIpc) is 2.26. The van der Waals surface area contributed by atoms with Crippen LogP contribution in [0.3, 0.4) is 0 Å². The summed E-state index contributed by atoms with van der Waals surface area (Å²) >= 11 is 0. The summed E-state index contributed by atoms with van der Waals surface area (Å²) < 4.78 is 0. The number of carbonyl (C=O) groups is 1. The molecular weight excluding hydrogens is 230 g/mol. The molecule has 0 spiro atoms. The van der Waals surface area contributed by atoms with Crippen molar-refractivity contribution in [3.63, 3.8) is 0 Å². The molecule has 2 unspecified atom stereocenters. The van der Waals surface area contributed by atoms with Crippen LogP contribution < -0.4 is 5.73 Å². The maximum absolute atomic E-state index is 10.7. The van der Waals surface area contributed by atoms with E-state index >= 15 is 0 Å². The third-order valence-electron chi connectivity index (χ3n) is 2.89. The minimum Gasteiger partial charge on any atom is -0.390 e. The van der Waals surface area contributed by atoms with Crippen LogP contribution in [0, 0.1) is 0 Å². The maximum Gasteiger partial charge on any atom is 0.220 e. The molecule has 4 N–H and O–H groups in total. The Morgan fingerprint density at radius 1 is 1.22 bits per heavy atom. The first-order chi connectivity index (χ1) is 8.21. The molecule has 1 amide bonds. The highest BCUT2D eigenvalue weighted by Crippen LogP contribution is 2.25. The predicted molar refractivity (Wildman–Crippen MR) is 69.9 cm³/mol. The van der Waals surface area contributed by atoms with Gasteiger partial charge in [-0.05, 0) is 16.5 Å². The Kier molecular flexibility index (Phi) is 4.48. The number of hydrogen-bond donors (Lipinski definition) is 3. The highest BCUT2D eigenvalue weighted by molar-refractivity contribution is 5.74. The van der Waals surface area contributed by atoms with Gasteiger partial charge in [-0.3, -0.25) is 4.79 Å². The molecule has 4 nitrogen and oxygen atoms in total. The first-order valence-electron chi connectivity index (χ1n) is 5.96. The molecule has 0 heterocycles. The van der Waals surface area contributed by atoms with E-state index in [0.29, 0.717) is 5.56 Å². The van der Waals surface area contributed by atoms with Gasteiger partial charge in [-0.25, -0.2) is 0 Å². The lowest BCUT2D eigenvalue weighted by molar-refractivity contribution is -0.121. The Balaban J connectivity index is 2.82. The van der Waals surface area contributed by atoms with Gasteiger partial charge in [0.15, 0.2) is 0 Å². The molecule has 100 valence electrons. The number of aliphatic hydroxyl groups excluding tert-OH is 2. The van der Waals surface area contributed by atoms with Gasteiger partial charge in [0.2, 0.25) is 5.91 Å². The van der Waals surface area contributed by atoms with E-state index in [-0.39, 0.29) is 11.8 Å². The summed E-state index contributed by atoms with van der Waals surface area (Å²) in [4.78, 5) is 10.7. The van der Waals surface area contributed by atoms with Gasteiger partial charge in [0.1, 0.15) is 6.10 Å². The van der Waals surface area contributed by atoms with Crippen LogP contribution in [0.25, 0.3) is 0 Å². The van der Waals surface area contributed by atoms with Crippen LogP contribution in [-0.4, -0.2) is 22.2 Å². The van der Waals surface area contributed by atoms with Crippen LogP contribution in [0.2, 0.25) is 0 Å². The molecule has 18 heavy (non-hydrogen) atoms. The van der Waals surface area contributed by atoms with Crippen LogP contribution >= 0.6 is 0 Å². The van der Waals surface area contributed by atoms with Crippen molar-refractivity contribution in [3.05, 3.63) is 35.4 Å². The van der Waals surface area contributed by atoms with Crippen molar-refractivity contribution in [3.8, 4) is 0 Å². The van der Waals surface area contributed by atoms with Crippen molar-refractivity contribution in [1.82, 2.24) is 0 Å². The fraction of sp³-hybridized carbons (Fsp3) is 0.500. The van der Waals surface area contributed by atoms with Crippen molar-refractivity contribution < 1.29 is 15.0 Å². The molecule has 0 aliphatic heterocycles. The highest BCUT2D eigenvalue weighted by Gasteiger charge is 2.21. The summed E-state index contributed by atoms with van der Waals surface area (Å²) in [5.41, 5.74) is 6.74. The minimum atomic E-state index is -1.16. The summed E-state index contributed by atoms with van der Waals surface area (Å²) in [6.45, 7) is 6.29. The van der Waals surface area contributed by atoms with E-state index in [1.807, 2.05) is 12.1 Å².